The number of nitrogens with one attached hydrogen (secondary N) is 2. The Morgan fingerprint density at radius 1 is 0.900 bits per heavy atom. The summed E-state index contributed by atoms with van der Waals surface area (Å²) in [5, 5.41) is 7.06. The third-order valence-electron chi connectivity index (χ3n) is 4.04. The minimum absolute atomic E-state index is 0.448. The Balaban J connectivity index is 2.02. The fraction of sp³-hybridized carbons (Fsp3) is 0.625. The van der Waals surface area contributed by atoms with Gasteiger partial charge in [-0.3, -0.25) is 4.90 Å². The van der Waals surface area contributed by atoms with E-state index in [4.69, 9.17) is 0 Å². The van der Waals surface area contributed by atoms with Crippen molar-refractivity contribution in [1.82, 2.24) is 20.4 Å². The van der Waals surface area contributed by atoms with Gasteiger partial charge in [0.05, 0.1) is 0 Å². The highest BCUT2D eigenvalue weighted by atomic mass is 15.2. The van der Waals surface area contributed by atoms with Gasteiger partial charge in [0.15, 0.2) is 0 Å². The van der Waals surface area contributed by atoms with E-state index in [1.807, 2.05) is 0 Å². The molecule has 1 aliphatic rings. The Morgan fingerprint density at radius 2 is 1.65 bits per heavy atom. The van der Waals surface area contributed by atoms with Crippen LogP contribution in [0.2, 0.25) is 0 Å². The molecule has 1 aromatic rings. The first-order valence-electron chi connectivity index (χ1n) is 7.62. The molecule has 0 aliphatic carbocycles. The largest absolute Gasteiger partial charge is 0.314 e. The van der Waals surface area contributed by atoms with Crippen LogP contribution in [0.4, 0.5) is 0 Å². The van der Waals surface area contributed by atoms with Crippen LogP contribution in [-0.4, -0.2) is 69.7 Å². The van der Waals surface area contributed by atoms with Crippen molar-refractivity contribution in [3.63, 3.8) is 0 Å². The average Bonchev–Trinajstić information content (AvgIpc) is 2.47. The first-order chi connectivity index (χ1) is 9.77. The monoisotopic (exact) mass is 276 g/mol. The molecule has 1 unspecified atom stereocenters. The Labute approximate surface area is 123 Å². The minimum Gasteiger partial charge on any atom is -0.314 e. The fourth-order valence-electron chi connectivity index (χ4n) is 2.61. The molecule has 1 fully saturated rings. The van der Waals surface area contributed by atoms with E-state index in [1.165, 1.54) is 5.56 Å². The second kappa shape index (κ2) is 8.37. The molecule has 20 heavy (non-hydrogen) atoms. The number of hydrogen-bond acceptors (Lipinski definition) is 4. The zero-order valence-electron chi connectivity index (χ0n) is 12.8. The molecule has 1 atom stereocenters. The molecule has 0 aromatic heterocycles. The second-order valence-electron chi connectivity index (χ2n) is 5.66. The maximum absolute atomic E-state index is 3.58. The van der Waals surface area contributed by atoms with E-state index in [0.717, 1.165) is 45.8 Å². The summed E-state index contributed by atoms with van der Waals surface area (Å²) in [6.07, 6.45) is 0. The summed E-state index contributed by atoms with van der Waals surface area (Å²) < 4.78 is 0. The number of nitrogens with zero attached hydrogens (tertiary/aromatic N) is 2. The molecule has 0 amide bonds. The highest BCUT2D eigenvalue weighted by Gasteiger charge is 2.17. The van der Waals surface area contributed by atoms with E-state index in [-0.39, 0.29) is 0 Å². The van der Waals surface area contributed by atoms with E-state index >= 15 is 0 Å². The topological polar surface area (TPSA) is 30.5 Å². The van der Waals surface area contributed by atoms with Crippen LogP contribution in [0.1, 0.15) is 11.6 Å². The minimum atomic E-state index is 0.448. The van der Waals surface area contributed by atoms with Crippen LogP contribution >= 0.6 is 0 Å². The second-order valence-corrected chi connectivity index (χ2v) is 5.66. The Kier molecular flexibility index (Phi) is 6.47. The maximum atomic E-state index is 3.58. The summed E-state index contributed by atoms with van der Waals surface area (Å²) in [6.45, 7) is 7.47. The zero-order chi connectivity index (χ0) is 14.2. The lowest BCUT2D eigenvalue weighted by Gasteiger charge is -2.31. The molecule has 1 heterocycles. The van der Waals surface area contributed by atoms with E-state index in [0.29, 0.717) is 6.04 Å². The molecule has 1 aromatic carbocycles. The van der Waals surface area contributed by atoms with Crippen LogP contribution in [0, 0.1) is 0 Å². The molecule has 0 spiro atoms. The predicted molar refractivity (Wildman–Crippen MR) is 85.0 cm³/mol. The van der Waals surface area contributed by atoms with Crippen LogP contribution in [0.25, 0.3) is 0 Å². The van der Waals surface area contributed by atoms with E-state index in [1.54, 1.807) is 0 Å². The summed E-state index contributed by atoms with van der Waals surface area (Å²) in [4.78, 5) is 4.87. The summed E-state index contributed by atoms with van der Waals surface area (Å²) in [7, 11) is 4.44. The molecule has 0 radical (unpaired) electrons. The average molecular weight is 276 g/mol. The van der Waals surface area contributed by atoms with Gasteiger partial charge in [0.25, 0.3) is 0 Å². The van der Waals surface area contributed by atoms with Crippen LogP contribution < -0.4 is 10.6 Å². The fourth-order valence-corrected chi connectivity index (χ4v) is 2.61. The van der Waals surface area contributed by atoms with Crippen molar-refractivity contribution in [2.24, 2.45) is 0 Å². The maximum Gasteiger partial charge on any atom is 0.0470 e. The first kappa shape index (κ1) is 15.4. The first-order valence-corrected chi connectivity index (χ1v) is 7.62. The predicted octanol–water partition coefficient (Wildman–Crippen LogP) is 0.784. The normalized spacial score (nSPS) is 24.8. The van der Waals surface area contributed by atoms with Gasteiger partial charge in [-0.25, -0.2) is 0 Å². The van der Waals surface area contributed by atoms with Crippen molar-refractivity contribution in [1.29, 1.82) is 0 Å². The zero-order valence-corrected chi connectivity index (χ0v) is 12.8. The quantitative estimate of drug-likeness (QED) is 0.794. The standard InChI is InChI=1S/C16H28N4/c1-19-11-10-17-8-9-18-14-16(20(2)13-12-19)15-6-4-3-5-7-15/h3-7,16-18H,8-14H2,1-2H3. The molecular weight excluding hydrogens is 248 g/mol. The van der Waals surface area contributed by atoms with E-state index in [2.05, 4.69) is 64.9 Å². The smallest absolute Gasteiger partial charge is 0.0470 e. The number of rotatable bonds is 1. The molecule has 1 saturated heterocycles. The van der Waals surface area contributed by atoms with Crippen LogP contribution in [0.3, 0.4) is 0 Å². The summed E-state index contributed by atoms with van der Waals surface area (Å²) in [5.41, 5.74) is 1.40. The lowest BCUT2D eigenvalue weighted by Crippen LogP contribution is -2.42. The third kappa shape index (κ3) is 4.87. The van der Waals surface area contributed by atoms with E-state index in [9.17, 15) is 0 Å². The molecule has 4 heteroatoms. The van der Waals surface area contributed by atoms with Crippen LogP contribution in [0.5, 0.6) is 0 Å². The van der Waals surface area contributed by atoms with Crippen molar-refractivity contribution < 1.29 is 0 Å². The van der Waals surface area contributed by atoms with Gasteiger partial charge in [-0.1, -0.05) is 30.3 Å². The van der Waals surface area contributed by atoms with Gasteiger partial charge in [0.1, 0.15) is 0 Å². The molecular formula is C16H28N4. The Hall–Kier alpha value is -0.940. The molecule has 2 rings (SSSR count). The van der Waals surface area contributed by atoms with Gasteiger partial charge in [-0.05, 0) is 19.7 Å². The van der Waals surface area contributed by atoms with Gasteiger partial charge in [0, 0.05) is 51.9 Å². The summed E-state index contributed by atoms with van der Waals surface area (Å²) in [6, 6.07) is 11.3. The van der Waals surface area contributed by atoms with Gasteiger partial charge in [-0.2, -0.15) is 0 Å². The van der Waals surface area contributed by atoms with Gasteiger partial charge in [-0.15, -0.1) is 0 Å². The Morgan fingerprint density at radius 3 is 2.45 bits per heavy atom. The lowest BCUT2D eigenvalue weighted by atomic mass is 10.1. The highest BCUT2D eigenvalue weighted by molar-refractivity contribution is 5.19. The van der Waals surface area contributed by atoms with Gasteiger partial charge in [0.2, 0.25) is 0 Å². The van der Waals surface area contributed by atoms with Crippen molar-refractivity contribution in [2.45, 2.75) is 6.04 Å². The number of benzene rings is 1. The SMILES string of the molecule is CN1CCNCCNCC(c2ccccc2)N(C)CC1. The lowest BCUT2D eigenvalue weighted by molar-refractivity contribution is 0.199. The third-order valence-corrected chi connectivity index (χ3v) is 4.04. The summed E-state index contributed by atoms with van der Waals surface area (Å²) in [5.74, 6) is 0. The van der Waals surface area contributed by atoms with E-state index < -0.39 is 0 Å². The Bertz CT molecular complexity index is 368. The van der Waals surface area contributed by atoms with Gasteiger partial charge < -0.3 is 15.5 Å². The van der Waals surface area contributed by atoms with Gasteiger partial charge >= 0.3 is 0 Å². The molecule has 0 bridgehead atoms. The van der Waals surface area contributed by atoms with Crippen LogP contribution in [0.15, 0.2) is 30.3 Å². The molecule has 2 N–H and O–H groups in total. The van der Waals surface area contributed by atoms with Crippen molar-refractivity contribution >= 4 is 0 Å². The molecule has 1 aliphatic heterocycles. The molecule has 0 saturated carbocycles. The number of hydrogen-bond donors (Lipinski definition) is 2. The van der Waals surface area contributed by atoms with Crippen molar-refractivity contribution in [2.75, 3.05) is 59.9 Å². The number of likely N-dealkylation sites (N-methyl/N-ethyl adjacent to an activating group) is 2. The van der Waals surface area contributed by atoms with Crippen LogP contribution in [-0.2, 0) is 0 Å². The van der Waals surface area contributed by atoms with Crippen molar-refractivity contribution in [3.8, 4) is 0 Å². The molecule has 4 nitrogen and oxygen atoms in total. The molecule has 112 valence electrons. The van der Waals surface area contributed by atoms with Crippen molar-refractivity contribution in [3.05, 3.63) is 35.9 Å². The highest BCUT2D eigenvalue weighted by Crippen LogP contribution is 2.18. The summed E-state index contributed by atoms with van der Waals surface area (Å²) >= 11 is 0.